The molecule has 2 N–H and O–H groups in total. The van der Waals surface area contributed by atoms with Crippen molar-refractivity contribution >= 4 is 23.7 Å². The lowest BCUT2D eigenvalue weighted by Crippen LogP contribution is -2.47. The molecule has 4 nitrogen and oxygen atoms in total. The average molecular weight is 324 g/mol. The van der Waals surface area contributed by atoms with Gasteiger partial charge in [0.25, 0.3) is 0 Å². The van der Waals surface area contributed by atoms with Gasteiger partial charge in [0, 0.05) is 10.9 Å². The Hall–Kier alpha value is -1.56. The van der Waals surface area contributed by atoms with Crippen molar-refractivity contribution in [3.05, 3.63) is 30.1 Å². The Bertz CT molecular complexity index is 515. The molecule has 1 aromatic rings. The average Bonchev–Trinajstić information content (AvgIpc) is 2.50. The fourth-order valence-electron chi connectivity index (χ4n) is 2.45. The molecule has 1 fully saturated rings. The Morgan fingerprint density at radius 3 is 2.45 bits per heavy atom. The van der Waals surface area contributed by atoms with Crippen LogP contribution < -0.4 is 10.6 Å². The Morgan fingerprint density at radius 1 is 1.18 bits per heavy atom. The van der Waals surface area contributed by atoms with Crippen LogP contribution in [0.25, 0.3) is 0 Å². The molecule has 0 spiro atoms. The summed E-state index contributed by atoms with van der Waals surface area (Å²) in [6.45, 7) is 1.72. The number of benzene rings is 1. The number of rotatable bonds is 4. The molecule has 0 unspecified atom stereocenters. The van der Waals surface area contributed by atoms with Crippen LogP contribution in [0.2, 0.25) is 0 Å². The molecule has 0 aromatic heterocycles. The van der Waals surface area contributed by atoms with Crippen LogP contribution in [0.5, 0.6) is 0 Å². The van der Waals surface area contributed by atoms with E-state index in [-0.39, 0.29) is 17.8 Å². The lowest BCUT2D eigenvalue weighted by atomic mass is 9.96. The molecular formula is C16H21FN2O2S. The van der Waals surface area contributed by atoms with Crippen LogP contribution in [0.3, 0.4) is 0 Å². The van der Waals surface area contributed by atoms with Gasteiger partial charge in [-0.25, -0.2) is 9.18 Å². The van der Waals surface area contributed by atoms with E-state index in [2.05, 4.69) is 10.6 Å². The molecule has 1 aliphatic carbocycles. The van der Waals surface area contributed by atoms with Crippen LogP contribution in [0.4, 0.5) is 9.18 Å². The number of imide groups is 1. The van der Waals surface area contributed by atoms with Crippen LogP contribution in [-0.2, 0) is 4.79 Å². The number of carbonyl (C=O) groups excluding carboxylic acids is 2. The Morgan fingerprint density at radius 2 is 1.82 bits per heavy atom. The first-order valence-corrected chi connectivity index (χ1v) is 8.46. The topological polar surface area (TPSA) is 58.2 Å². The monoisotopic (exact) mass is 324 g/mol. The Labute approximate surface area is 134 Å². The standard InChI is InChI=1S/C16H21FN2O2S/c1-11(22-14-9-7-12(17)8-10-14)15(20)19-16(21)18-13-5-3-2-4-6-13/h7-11,13H,2-6H2,1H3,(H2,18,19,20,21)/t11-/m0/s1. The van der Waals surface area contributed by atoms with Gasteiger partial charge in [-0.2, -0.15) is 0 Å². The second-order valence-corrected chi connectivity index (χ2v) is 6.93. The summed E-state index contributed by atoms with van der Waals surface area (Å²) in [6.07, 6.45) is 5.40. The summed E-state index contributed by atoms with van der Waals surface area (Å²) in [5, 5.41) is 4.79. The van der Waals surface area contributed by atoms with Crippen molar-refractivity contribution in [2.45, 2.75) is 55.2 Å². The highest BCUT2D eigenvalue weighted by atomic mass is 32.2. The number of hydrogen-bond donors (Lipinski definition) is 2. The highest BCUT2D eigenvalue weighted by Crippen LogP contribution is 2.23. The fraction of sp³-hybridized carbons (Fsp3) is 0.500. The SMILES string of the molecule is C[C@H](Sc1ccc(F)cc1)C(=O)NC(=O)NC1CCCCC1. The first kappa shape index (κ1) is 16.8. The van der Waals surface area contributed by atoms with Gasteiger partial charge in [0.15, 0.2) is 0 Å². The zero-order valence-electron chi connectivity index (χ0n) is 12.6. The second kappa shape index (κ2) is 8.17. The van der Waals surface area contributed by atoms with Crippen molar-refractivity contribution < 1.29 is 14.0 Å². The van der Waals surface area contributed by atoms with Crippen LogP contribution in [0.15, 0.2) is 29.2 Å². The van der Waals surface area contributed by atoms with Crippen molar-refractivity contribution in [1.82, 2.24) is 10.6 Å². The molecule has 3 amide bonds. The number of nitrogens with one attached hydrogen (secondary N) is 2. The fourth-order valence-corrected chi connectivity index (χ4v) is 3.32. The number of carbonyl (C=O) groups is 2. The summed E-state index contributed by atoms with van der Waals surface area (Å²) in [5.74, 6) is -0.657. The summed E-state index contributed by atoms with van der Waals surface area (Å²) in [6, 6.07) is 5.67. The molecule has 2 rings (SSSR count). The highest BCUT2D eigenvalue weighted by molar-refractivity contribution is 8.00. The van der Waals surface area contributed by atoms with Crippen LogP contribution in [0, 0.1) is 5.82 Å². The molecular weight excluding hydrogens is 303 g/mol. The minimum Gasteiger partial charge on any atom is -0.335 e. The summed E-state index contributed by atoms with van der Waals surface area (Å²) in [4.78, 5) is 24.6. The minimum absolute atomic E-state index is 0.168. The molecule has 1 atom stereocenters. The summed E-state index contributed by atoms with van der Waals surface area (Å²) >= 11 is 1.29. The molecule has 0 heterocycles. The molecule has 22 heavy (non-hydrogen) atoms. The summed E-state index contributed by atoms with van der Waals surface area (Å²) in [5.41, 5.74) is 0. The lowest BCUT2D eigenvalue weighted by Gasteiger charge is -2.23. The normalized spacial score (nSPS) is 16.8. The quantitative estimate of drug-likeness (QED) is 0.834. The molecule has 1 aliphatic rings. The zero-order chi connectivity index (χ0) is 15.9. The van der Waals surface area contributed by atoms with E-state index in [1.807, 2.05) is 0 Å². The van der Waals surface area contributed by atoms with Crippen molar-refractivity contribution in [3.63, 3.8) is 0 Å². The first-order valence-electron chi connectivity index (χ1n) is 7.58. The van der Waals surface area contributed by atoms with E-state index in [0.29, 0.717) is 0 Å². The van der Waals surface area contributed by atoms with Gasteiger partial charge in [-0.05, 0) is 44.0 Å². The number of thioether (sulfide) groups is 1. The van der Waals surface area contributed by atoms with Gasteiger partial charge in [-0.1, -0.05) is 19.3 Å². The number of urea groups is 1. The van der Waals surface area contributed by atoms with E-state index in [0.717, 1.165) is 30.6 Å². The molecule has 6 heteroatoms. The van der Waals surface area contributed by atoms with Gasteiger partial charge < -0.3 is 5.32 Å². The van der Waals surface area contributed by atoms with E-state index in [9.17, 15) is 14.0 Å². The van der Waals surface area contributed by atoms with Crippen LogP contribution >= 0.6 is 11.8 Å². The first-order chi connectivity index (χ1) is 10.5. The number of amides is 3. The summed E-state index contributed by atoms with van der Waals surface area (Å²) in [7, 11) is 0. The predicted octanol–water partition coefficient (Wildman–Crippen LogP) is 3.46. The maximum absolute atomic E-state index is 12.8. The van der Waals surface area contributed by atoms with Crippen molar-refractivity contribution in [3.8, 4) is 0 Å². The van der Waals surface area contributed by atoms with Crippen LogP contribution in [0.1, 0.15) is 39.0 Å². The molecule has 0 radical (unpaired) electrons. The highest BCUT2D eigenvalue weighted by Gasteiger charge is 2.20. The molecule has 120 valence electrons. The zero-order valence-corrected chi connectivity index (χ0v) is 13.4. The maximum Gasteiger partial charge on any atom is 0.321 e. The van der Waals surface area contributed by atoms with E-state index in [1.165, 1.54) is 30.3 Å². The third kappa shape index (κ3) is 5.33. The van der Waals surface area contributed by atoms with Gasteiger partial charge in [-0.3, -0.25) is 10.1 Å². The van der Waals surface area contributed by atoms with Gasteiger partial charge in [0.1, 0.15) is 5.82 Å². The predicted molar refractivity (Wildman–Crippen MR) is 85.3 cm³/mol. The van der Waals surface area contributed by atoms with E-state index < -0.39 is 11.3 Å². The Kier molecular flexibility index (Phi) is 6.24. The number of hydrogen-bond acceptors (Lipinski definition) is 3. The van der Waals surface area contributed by atoms with E-state index >= 15 is 0 Å². The smallest absolute Gasteiger partial charge is 0.321 e. The van der Waals surface area contributed by atoms with Crippen molar-refractivity contribution in [1.29, 1.82) is 0 Å². The largest absolute Gasteiger partial charge is 0.335 e. The van der Waals surface area contributed by atoms with Gasteiger partial charge in [-0.15, -0.1) is 11.8 Å². The Balaban J connectivity index is 1.77. The van der Waals surface area contributed by atoms with E-state index in [4.69, 9.17) is 0 Å². The van der Waals surface area contributed by atoms with Crippen molar-refractivity contribution in [2.75, 3.05) is 0 Å². The molecule has 0 aliphatic heterocycles. The van der Waals surface area contributed by atoms with E-state index in [1.54, 1.807) is 19.1 Å². The third-order valence-corrected chi connectivity index (χ3v) is 4.78. The molecule has 0 bridgehead atoms. The minimum atomic E-state index is -0.428. The molecule has 1 saturated carbocycles. The number of halogens is 1. The third-order valence-electron chi connectivity index (χ3n) is 3.67. The summed E-state index contributed by atoms with van der Waals surface area (Å²) < 4.78 is 12.8. The second-order valence-electron chi connectivity index (χ2n) is 5.51. The maximum atomic E-state index is 12.8. The van der Waals surface area contributed by atoms with Gasteiger partial charge in [0.2, 0.25) is 5.91 Å². The molecule has 1 aromatic carbocycles. The molecule has 0 saturated heterocycles. The van der Waals surface area contributed by atoms with Crippen LogP contribution in [-0.4, -0.2) is 23.2 Å². The van der Waals surface area contributed by atoms with Gasteiger partial charge in [0.05, 0.1) is 5.25 Å². The van der Waals surface area contributed by atoms with Gasteiger partial charge >= 0.3 is 6.03 Å². The van der Waals surface area contributed by atoms with Crippen molar-refractivity contribution in [2.24, 2.45) is 0 Å². The lowest BCUT2D eigenvalue weighted by molar-refractivity contribution is -0.119.